The van der Waals surface area contributed by atoms with Crippen molar-refractivity contribution in [1.82, 2.24) is 19.9 Å². The second-order valence-corrected chi connectivity index (χ2v) is 7.48. The van der Waals surface area contributed by atoms with Crippen LogP contribution in [0.5, 0.6) is 0 Å². The average Bonchev–Trinajstić information content (AvgIpc) is 3.19. The van der Waals surface area contributed by atoms with Gasteiger partial charge < -0.3 is 4.98 Å². The van der Waals surface area contributed by atoms with Crippen LogP contribution in [0, 0.1) is 4.91 Å². The normalized spacial score (nSPS) is 11.2. The van der Waals surface area contributed by atoms with E-state index in [1.807, 2.05) is 0 Å². The van der Waals surface area contributed by atoms with Crippen LogP contribution in [0.25, 0.3) is 11.2 Å². The van der Waals surface area contributed by atoms with Crippen molar-refractivity contribution in [2.45, 2.75) is 96.8 Å². The van der Waals surface area contributed by atoms with Crippen LogP contribution in [-0.4, -0.2) is 25.7 Å². The van der Waals surface area contributed by atoms with Gasteiger partial charge in [-0.25, -0.2) is 15.0 Å². The van der Waals surface area contributed by atoms with Crippen LogP contribution in [-0.2, 0) is 0 Å². The van der Waals surface area contributed by atoms with Crippen LogP contribution in [0.3, 0.4) is 0 Å². The number of carbonyl (C=O) groups excluding carboxylic acids is 1. The zero-order valence-corrected chi connectivity index (χ0v) is 17.1. The van der Waals surface area contributed by atoms with Gasteiger partial charge in [-0.3, -0.25) is 4.79 Å². The molecule has 0 bridgehead atoms. The molecule has 0 radical (unpaired) electrons. The fourth-order valence-corrected chi connectivity index (χ4v) is 3.42. The van der Waals surface area contributed by atoms with Gasteiger partial charge in [-0.05, 0) is 11.6 Å². The van der Waals surface area contributed by atoms with Crippen LogP contribution in [0.2, 0.25) is 0 Å². The van der Waals surface area contributed by atoms with Gasteiger partial charge in [0.1, 0.15) is 5.52 Å². The Morgan fingerprint density at radius 3 is 2.04 bits per heavy atom. The summed E-state index contributed by atoms with van der Waals surface area (Å²) in [6, 6.07) is 0. The number of ketones is 1. The number of imidazole rings is 1. The standard InChI is InChI=1S/C21H33N5O2/c1-2-3-4-5-6-7-8-9-10-11-12-13-14-15-17(27)19-24-20-18(22-16-23-20)21(25-19)26-28/h16H,2-15H2,1H3,(H,22,23,24,25). The first-order valence-electron chi connectivity index (χ1n) is 10.8. The monoisotopic (exact) mass is 387 g/mol. The number of hydrogen-bond acceptors (Lipinski definition) is 6. The Labute approximate surface area is 167 Å². The fourth-order valence-electron chi connectivity index (χ4n) is 3.42. The third-order valence-corrected chi connectivity index (χ3v) is 5.11. The molecule has 2 rings (SSSR count). The number of Topliss-reactive ketones (excluding diaryl/α,β-unsaturated/α-hetero) is 1. The molecule has 7 heteroatoms. The van der Waals surface area contributed by atoms with Crippen LogP contribution in [0.15, 0.2) is 11.5 Å². The smallest absolute Gasteiger partial charge is 0.226 e. The van der Waals surface area contributed by atoms with Gasteiger partial charge in [0.05, 0.1) is 6.33 Å². The van der Waals surface area contributed by atoms with Crippen molar-refractivity contribution in [3.63, 3.8) is 0 Å². The first-order valence-corrected chi connectivity index (χ1v) is 10.8. The molecule has 0 aliphatic carbocycles. The number of carbonyl (C=O) groups is 1. The van der Waals surface area contributed by atoms with Crippen molar-refractivity contribution in [2.75, 3.05) is 0 Å². The maximum atomic E-state index is 12.3. The van der Waals surface area contributed by atoms with Crippen LogP contribution in [0.4, 0.5) is 5.82 Å². The number of nitrogens with zero attached hydrogens (tertiary/aromatic N) is 4. The summed E-state index contributed by atoms with van der Waals surface area (Å²) in [6.07, 6.45) is 18.2. The van der Waals surface area contributed by atoms with Crippen molar-refractivity contribution in [3.8, 4) is 0 Å². The maximum Gasteiger partial charge on any atom is 0.226 e. The Bertz CT molecular complexity index is 729. The number of aromatic amines is 1. The number of unbranched alkanes of at least 4 members (excludes halogenated alkanes) is 12. The Morgan fingerprint density at radius 2 is 1.46 bits per heavy atom. The lowest BCUT2D eigenvalue weighted by atomic mass is 10.0. The van der Waals surface area contributed by atoms with Crippen LogP contribution >= 0.6 is 0 Å². The lowest BCUT2D eigenvalue weighted by Crippen LogP contribution is -2.06. The Balaban J connectivity index is 1.53. The Morgan fingerprint density at radius 1 is 0.893 bits per heavy atom. The van der Waals surface area contributed by atoms with Crippen molar-refractivity contribution in [2.24, 2.45) is 5.18 Å². The summed E-state index contributed by atoms with van der Waals surface area (Å²) in [4.78, 5) is 38.0. The highest BCUT2D eigenvalue weighted by molar-refractivity contribution is 5.95. The second kappa shape index (κ2) is 13.1. The summed E-state index contributed by atoms with van der Waals surface area (Å²) in [5.41, 5.74) is 0.672. The van der Waals surface area contributed by atoms with Crippen molar-refractivity contribution in [3.05, 3.63) is 17.1 Å². The van der Waals surface area contributed by atoms with Crippen molar-refractivity contribution < 1.29 is 4.79 Å². The van der Waals surface area contributed by atoms with E-state index in [-0.39, 0.29) is 17.4 Å². The summed E-state index contributed by atoms with van der Waals surface area (Å²) < 4.78 is 0. The Hall–Kier alpha value is -2.18. The molecule has 0 aliphatic rings. The predicted octanol–water partition coefficient (Wildman–Crippen LogP) is 6.41. The molecule has 7 nitrogen and oxygen atoms in total. The van der Waals surface area contributed by atoms with Crippen LogP contribution in [0.1, 0.15) is 107 Å². The molecule has 0 unspecified atom stereocenters. The van der Waals surface area contributed by atoms with Gasteiger partial charge in [0.25, 0.3) is 0 Å². The second-order valence-electron chi connectivity index (χ2n) is 7.48. The molecule has 0 fully saturated rings. The van der Waals surface area contributed by atoms with Gasteiger partial charge in [-0.2, -0.15) is 0 Å². The molecule has 2 aromatic rings. The molecule has 1 N–H and O–H groups in total. The van der Waals surface area contributed by atoms with E-state index in [9.17, 15) is 9.70 Å². The largest absolute Gasteiger partial charge is 0.340 e. The molecule has 154 valence electrons. The summed E-state index contributed by atoms with van der Waals surface area (Å²) in [6.45, 7) is 2.25. The molecular formula is C21H33N5O2. The van der Waals surface area contributed by atoms with Gasteiger partial charge >= 0.3 is 0 Å². The van der Waals surface area contributed by atoms with Gasteiger partial charge in [0, 0.05) is 6.42 Å². The molecule has 28 heavy (non-hydrogen) atoms. The average molecular weight is 388 g/mol. The van der Waals surface area contributed by atoms with E-state index in [2.05, 4.69) is 32.0 Å². The van der Waals surface area contributed by atoms with E-state index in [1.165, 1.54) is 70.5 Å². The SMILES string of the molecule is CCCCCCCCCCCCCCCC(=O)c1nc(N=O)c2[nH]cnc2n1. The minimum atomic E-state index is -0.155. The number of nitroso groups, excluding NO2 is 1. The van der Waals surface area contributed by atoms with E-state index >= 15 is 0 Å². The molecule has 0 aliphatic heterocycles. The number of H-pyrrole nitrogens is 1. The van der Waals surface area contributed by atoms with E-state index in [1.54, 1.807) is 0 Å². The maximum absolute atomic E-state index is 12.3. The van der Waals surface area contributed by atoms with Gasteiger partial charge in [-0.1, -0.05) is 84.0 Å². The first kappa shape index (κ1) is 22.1. The molecule has 0 saturated heterocycles. The molecule has 0 saturated carbocycles. The van der Waals surface area contributed by atoms with Gasteiger partial charge in [0.15, 0.2) is 17.3 Å². The third-order valence-electron chi connectivity index (χ3n) is 5.11. The molecule has 2 heterocycles. The number of fused-ring (bicyclic) bond motifs is 1. The number of rotatable bonds is 16. The predicted molar refractivity (Wildman–Crippen MR) is 112 cm³/mol. The first-order chi connectivity index (χ1) is 13.8. The highest BCUT2D eigenvalue weighted by atomic mass is 16.3. The lowest BCUT2D eigenvalue weighted by Gasteiger charge is -2.03. The quantitative estimate of drug-likeness (QED) is 0.203. The zero-order chi connectivity index (χ0) is 20.0. The molecule has 2 aromatic heterocycles. The molecule has 0 amide bonds. The molecule has 0 atom stereocenters. The zero-order valence-electron chi connectivity index (χ0n) is 17.1. The topological polar surface area (TPSA) is 101 Å². The van der Waals surface area contributed by atoms with Crippen LogP contribution < -0.4 is 0 Å². The Kier molecular flexibility index (Phi) is 10.3. The summed E-state index contributed by atoms with van der Waals surface area (Å²) in [7, 11) is 0. The number of aromatic nitrogens is 4. The molecule has 0 aromatic carbocycles. The fraction of sp³-hybridized carbons (Fsp3) is 0.714. The number of hydrogen-bond donors (Lipinski definition) is 1. The van der Waals surface area contributed by atoms with E-state index < -0.39 is 0 Å². The lowest BCUT2D eigenvalue weighted by molar-refractivity contribution is 0.0969. The van der Waals surface area contributed by atoms with E-state index in [4.69, 9.17) is 0 Å². The van der Waals surface area contributed by atoms with Crippen molar-refractivity contribution >= 4 is 22.8 Å². The minimum absolute atomic E-state index is 0.0353. The van der Waals surface area contributed by atoms with E-state index in [0.29, 0.717) is 17.6 Å². The summed E-state index contributed by atoms with van der Waals surface area (Å²) >= 11 is 0. The van der Waals surface area contributed by atoms with Crippen molar-refractivity contribution in [1.29, 1.82) is 0 Å². The summed E-state index contributed by atoms with van der Waals surface area (Å²) in [5, 5.41) is 2.86. The third kappa shape index (κ3) is 7.44. The highest BCUT2D eigenvalue weighted by Crippen LogP contribution is 2.20. The summed E-state index contributed by atoms with van der Waals surface area (Å²) in [5.74, 6) is -0.178. The highest BCUT2D eigenvalue weighted by Gasteiger charge is 2.15. The number of nitrogens with one attached hydrogen (secondary N) is 1. The van der Waals surface area contributed by atoms with Gasteiger partial charge in [-0.15, -0.1) is 4.91 Å². The molecule has 0 spiro atoms. The minimum Gasteiger partial charge on any atom is -0.340 e. The molecular weight excluding hydrogens is 354 g/mol. The van der Waals surface area contributed by atoms with Gasteiger partial charge in [0.2, 0.25) is 5.82 Å². The van der Waals surface area contributed by atoms with E-state index in [0.717, 1.165) is 19.3 Å².